The number of nitrogens with one attached hydrogen (secondary N) is 1. The van der Waals surface area contributed by atoms with Crippen LogP contribution >= 0.6 is 12.6 Å². The molecule has 0 amide bonds. The molecule has 0 saturated carbocycles. The number of nitrogens with two attached hydrogens (primary N) is 1. The van der Waals surface area contributed by atoms with Crippen LogP contribution in [0.5, 0.6) is 0 Å². The molecule has 14 heavy (non-hydrogen) atoms. The summed E-state index contributed by atoms with van der Waals surface area (Å²) in [4.78, 5) is 0. The molecule has 0 aliphatic carbocycles. The van der Waals surface area contributed by atoms with E-state index < -0.39 is 0 Å². The van der Waals surface area contributed by atoms with Crippen LogP contribution in [-0.4, -0.2) is 5.25 Å². The maximum absolute atomic E-state index is 5.90. The van der Waals surface area contributed by atoms with Crippen molar-refractivity contribution in [3.8, 4) is 0 Å². The SMILES string of the molecule is C/C=C(\N/C=C(\N)C(C)(C)C)C(C)S. The van der Waals surface area contributed by atoms with E-state index in [2.05, 4.69) is 38.7 Å². The van der Waals surface area contributed by atoms with Gasteiger partial charge in [-0.1, -0.05) is 26.8 Å². The molecule has 0 fully saturated rings. The Bertz CT molecular complexity index is 234. The number of thiol groups is 1. The van der Waals surface area contributed by atoms with E-state index in [1.165, 1.54) is 0 Å². The summed E-state index contributed by atoms with van der Waals surface area (Å²) in [6, 6.07) is 0. The van der Waals surface area contributed by atoms with Gasteiger partial charge in [0.15, 0.2) is 0 Å². The Hall–Kier alpha value is -0.570. The summed E-state index contributed by atoms with van der Waals surface area (Å²) in [5, 5.41) is 3.37. The van der Waals surface area contributed by atoms with Crippen molar-refractivity contribution < 1.29 is 0 Å². The Morgan fingerprint density at radius 2 is 1.93 bits per heavy atom. The van der Waals surface area contributed by atoms with Crippen LogP contribution in [0.4, 0.5) is 0 Å². The fourth-order valence-electron chi connectivity index (χ4n) is 0.823. The molecule has 0 heterocycles. The highest BCUT2D eigenvalue weighted by Crippen LogP contribution is 2.19. The summed E-state index contributed by atoms with van der Waals surface area (Å²) < 4.78 is 0. The first-order valence-corrected chi connectivity index (χ1v) is 5.37. The van der Waals surface area contributed by atoms with Gasteiger partial charge in [-0.15, -0.1) is 0 Å². The van der Waals surface area contributed by atoms with E-state index in [1.807, 2.05) is 26.1 Å². The average molecular weight is 214 g/mol. The van der Waals surface area contributed by atoms with Crippen molar-refractivity contribution in [1.29, 1.82) is 0 Å². The van der Waals surface area contributed by atoms with E-state index in [0.717, 1.165) is 11.4 Å². The molecule has 0 bridgehead atoms. The molecule has 0 aromatic rings. The molecule has 0 radical (unpaired) electrons. The molecule has 0 spiro atoms. The van der Waals surface area contributed by atoms with Crippen molar-refractivity contribution in [3.63, 3.8) is 0 Å². The summed E-state index contributed by atoms with van der Waals surface area (Å²) in [5.74, 6) is 0. The summed E-state index contributed by atoms with van der Waals surface area (Å²) in [6.45, 7) is 10.3. The molecule has 82 valence electrons. The zero-order valence-corrected chi connectivity index (χ0v) is 10.7. The molecule has 1 unspecified atom stereocenters. The minimum Gasteiger partial charge on any atom is -0.400 e. The highest BCUT2D eigenvalue weighted by molar-refractivity contribution is 7.81. The largest absolute Gasteiger partial charge is 0.400 e. The number of allylic oxidation sites excluding steroid dienone is 2. The Morgan fingerprint density at radius 1 is 1.43 bits per heavy atom. The van der Waals surface area contributed by atoms with E-state index in [-0.39, 0.29) is 10.7 Å². The fourth-order valence-corrected chi connectivity index (χ4v) is 1.05. The van der Waals surface area contributed by atoms with E-state index in [4.69, 9.17) is 5.73 Å². The van der Waals surface area contributed by atoms with E-state index in [9.17, 15) is 0 Å². The summed E-state index contributed by atoms with van der Waals surface area (Å²) in [6.07, 6.45) is 3.85. The Labute approximate surface area is 93.1 Å². The standard InChI is InChI=1S/C11H22N2S/c1-6-9(8(2)14)13-7-10(12)11(3,4)5/h6-8,13-14H,12H2,1-5H3/b9-6-,10-7-. The van der Waals surface area contributed by atoms with Crippen LogP contribution in [0.15, 0.2) is 23.7 Å². The predicted molar refractivity (Wildman–Crippen MR) is 67.1 cm³/mol. The quantitative estimate of drug-likeness (QED) is 0.632. The van der Waals surface area contributed by atoms with Gasteiger partial charge in [0.1, 0.15) is 0 Å². The number of hydrogen-bond donors (Lipinski definition) is 3. The molecule has 2 nitrogen and oxygen atoms in total. The van der Waals surface area contributed by atoms with Crippen molar-refractivity contribution in [3.05, 3.63) is 23.7 Å². The topological polar surface area (TPSA) is 38.0 Å². The lowest BCUT2D eigenvalue weighted by Gasteiger charge is -2.20. The minimum atomic E-state index is 0.00564. The van der Waals surface area contributed by atoms with Crippen molar-refractivity contribution in [2.24, 2.45) is 11.1 Å². The second kappa shape index (κ2) is 5.35. The van der Waals surface area contributed by atoms with Crippen LogP contribution in [0.1, 0.15) is 34.6 Å². The maximum Gasteiger partial charge on any atom is 0.0386 e. The van der Waals surface area contributed by atoms with Crippen LogP contribution in [0, 0.1) is 5.41 Å². The Kier molecular flexibility index (Phi) is 5.13. The van der Waals surface area contributed by atoms with E-state index >= 15 is 0 Å². The van der Waals surface area contributed by atoms with Gasteiger partial charge in [0.25, 0.3) is 0 Å². The smallest absolute Gasteiger partial charge is 0.0386 e. The maximum atomic E-state index is 5.90. The third-order valence-corrected chi connectivity index (χ3v) is 2.30. The number of hydrogen-bond acceptors (Lipinski definition) is 3. The van der Waals surface area contributed by atoms with Gasteiger partial charge in [-0.3, -0.25) is 0 Å². The van der Waals surface area contributed by atoms with Gasteiger partial charge < -0.3 is 11.1 Å². The molecular formula is C11H22N2S. The zero-order chi connectivity index (χ0) is 11.4. The first kappa shape index (κ1) is 13.4. The molecule has 0 saturated heterocycles. The molecule has 0 rings (SSSR count). The van der Waals surface area contributed by atoms with E-state index in [0.29, 0.717) is 0 Å². The highest BCUT2D eigenvalue weighted by atomic mass is 32.1. The molecule has 0 aliphatic heterocycles. The van der Waals surface area contributed by atoms with Crippen molar-refractivity contribution in [2.75, 3.05) is 0 Å². The zero-order valence-electron chi connectivity index (χ0n) is 9.76. The van der Waals surface area contributed by atoms with Gasteiger partial charge in [0.05, 0.1) is 0 Å². The van der Waals surface area contributed by atoms with Crippen molar-refractivity contribution in [1.82, 2.24) is 5.32 Å². The Balaban J connectivity index is 4.43. The lowest BCUT2D eigenvalue weighted by atomic mass is 9.93. The highest BCUT2D eigenvalue weighted by Gasteiger charge is 2.13. The van der Waals surface area contributed by atoms with Gasteiger partial charge >= 0.3 is 0 Å². The second-order valence-electron chi connectivity index (χ2n) is 4.41. The molecule has 1 atom stereocenters. The third kappa shape index (κ3) is 4.61. The lowest BCUT2D eigenvalue weighted by molar-refractivity contribution is 0.494. The molecule has 0 aliphatic rings. The molecule has 0 aromatic heterocycles. The molecule has 3 heteroatoms. The first-order chi connectivity index (χ1) is 6.29. The van der Waals surface area contributed by atoms with Crippen LogP contribution in [0.25, 0.3) is 0 Å². The fraction of sp³-hybridized carbons (Fsp3) is 0.636. The van der Waals surface area contributed by atoms with Gasteiger partial charge in [-0.2, -0.15) is 12.6 Å². The monoisotopic (exact) mass is 214 g/mol. The van der Waals surface area contributed by atoms with Crippen LogP contribution in [-0.2, 0) is 0 Å². The lowest BCUT2D eigenvalue weighted by Crippen LogP contribution is -2.22. The normalized spacial score (nSPS) is 16.7. The molecule has 3 N–H and O–H groups in total. The van der Waals surface area contributed by atoms with Crippen LogP contribution < -0.4 is 11.1 Å². The minimum absolute atomic E-state index is 0.00564. The van der Waals surface area contributed by atoms with Gasteiger partial charge in [-0.05, 0) is 13.8 Å². The third-order valence-electron chi connectivity index (χ3n) is 2.02. The summed E-state index contributed by atoms with van der Waals surface area (Å²) in [5.41, 5.74) is 7.81. The van der Waals surface area contributed by atoms with E-state index in [1.54, 1.807) is 0 Å². The number of rotatable bonds is 3. The predicted octanol–water partition coefficient (Wildman–Crippen LogP) is 2.64. The van der Waals surface area contributed by atoms with Crippen molar-refractivity contribution in [2.45, 2.75) is 39.9 Å². The van der Waals surface area contributed by atoms with Gasteiger partial charge in [-0.25, -0.2) is 0 Å². The summed E-state index contributed by atoms with van der Waals surface area (Å²) >= 11 is 4.35. The first-order valence-electron chi connectivity index (χ1n) is 4.86. The van der Waals surface area contributed by atoms with Gasteiger partial charge in [0.2, 0.25) is 0 Å². The van der Waals surface area contributed by atoms with Crippen molar-refractivity contribution >= 4 is 12.6 Å². The average Bonchev–Trinajstić information content (AvgIpc) is 2.02. The van der Waals surface area contributed by atoms with Crippen LogP contribution in [0.2, 0.25) is 0 Å². The van der Waals surface area contributed by atoms with Gasteiger partial charge in [0, 0.05) is 28.3 Å². The Morgan fingerprint density at radius 3 is 2.21 bits per heavy atom. The summed E-state index contributed by atoms with van der Waals surface area (Å²) in [7, 11) is 0. The second-order valence-corrected chi connectivity index (χ2v) is 5.19. The molecular weight excluding hydrogens is 192 g/mol. The van der Waals surface area contributed by atoms with Crippen LogP contribution in [0.3, 0.4) is 0 Å². The molecule has 0 aromatic carbocycles.